The second-order valence-corrected chi connectivity index (χ2v) is 2.03. The molecule has 50 valence electrons. The Morgan fingerprint density at radius 3 is 3.10 bits per heavy atom. The van der Waals surface area contributed by atoms with E-state index in [2.05, 4.69) is 9.98 Å². The van der Waals surface area contributed by atoms with Crippen molar-refractivity contribution in [1.82, 2.24) is 4.98 Å². The summed E-state index contributed by atoms with van der Waals surface area (Å²) >= 11 is 0. The summed E-state index contributed by atoms with van der Waals surface area (Å²) in [6.45, 7) is 0. The van der Waals surface area contributed by atoms with Crippen LogP contribution in [0.4, 0.5) is 0 Å². The third-order valence-electron chi connectivity index (χ3n) is 1.44. The van der Waals surface area contributed by atoms with Crippen LogP contribution in [0.25, 0.3) is 0 Å². The average Bonchev–Trinajstić information content (AvgIpc) is 2.41. The minimum atomic E-state index is -0.299. The quantitative estimate of drug-likeness (QED) is 0.538. The minimum Gasteiger partial charge on any atom is -0.494 e. The van der Waals surface area contributed by atoms with Gasteiger partial charge in [0.25, 0.3) is 5.91 Å². The van der Waals surface area contributed by atoms with Crippen LogP contribution >= 0.6 is 0 Å². The Balaban J connectivity index is 2.73. The number of aromatic hydroxyl groups is 1. The predicted molar refractivity (Wildman–Crippen MR) is 34.4 cm³/mol. The van der Waals surface area contributed by atoms with Crippen molar-refractivity contribution >= 4 is 12.1 Å². The molecule has 1 aliphatic rings. The van der Waals surface area contributed by atoms with Gasteiger partial charge >= 0.3 is 0 Å². The van der Waals surface area contributed by atoms with E-state index in [0.717, 1.165) is 0 Å². The number of hydrogen-bond donors (Lipinski definition) is 2. The molecule has 4 heteroatoms. The molecule has 1 aromatic rings. The molecule has 0 aromatic carbocycles. The first kappa shape index (κ1) is 5.22. The highest BCUT2D eigenvalue weighted by molar-refractivity contribution is 6.14. The summed E-state index contributed by atoms with van der Waals surface area (Å²) in [5.41, 5.74) is 0.933. The topological polar surface area (TPSA) is 65.5 Å². The maximum absolute atomic E-state index is 10.7. The maximum Gasteiger partial charge on any atom is 0.279 e. The zero-order chi connectivity index (χ0) is 7.14. The summed E-state index contributed by atoms with van der Waals surface area (Å²) in [7, 11) is 0. The van der Waals surface area contributed by atoms with Crippen LogP contribution in [0.3, 0.4) is 0 Å². The summed E-state index contributed by atoms with van der Waals surface area (Å²) in [6, 6.07) is 0. The molecule has 4 nitrogen and oxygen atoms in total. The van der Waals surface area contributed by atoms with Gasteiger partial charge in [-0.15, -0.1) is 0 Å². The largest absolute Gasteiger partial charge is 0.494 e. The van der Waals surface area contributed by atoms with Crippen LogP contribution in [-0.4, -0.2) is 22.2 Å². The summed E-state index contributed by atoms with van der Waals surface area (Å²) in [5, 5.41) is 8.99. The number of fused-ring (bicyclic) bond motifs is 1. The number of amides is 1. The molecule has 10 heavy (non-hydrogen) atoms. The lowest BCUT2D eigenvalue weighted by molar-refractivity contribution is 0.101. The molecule has 0 fully saturated rings. The van der Waals surface area contributed by atoms with Crippen molar-refractivity contribution in [2.45, 2.75) is 0 Å². The van der Waals surface area contributed by atoms with Gasteiger partial charge in [-0.3, -0.25) is 4.79 Å². The smallest absolute Gasteiger partial charge is 0.279 e. The van der Waals surface area contributed by atoms with E-state index in [4.69, 9.17) is 5.11 Å². The van der Waals surface area contributed by atoms with Crippen molar-refractivity contribution < 1.29 is 9.90 Å². The highest BCUT2D eigenvalue weighted by atomic mass is 16.3. The molecule has 2 heterocycles. The lowest BCUT2D eigenvalue weighted by Crippen LogP contribution is -1.85. The lowest BCUT2D eigenvalue weighted by atomic mass is 10.2. The van der Waals surface area contributed by atoms with Gasteiger partial charge in [0.1, 0.15) is 0 Å². The average molecular weight is 136 g/mol. The fraction of sp³-hybridized carbons (Fsp3) is 0. The summed E-state index contributed by atoms with van der Waals surface area (Å²) in [6.07, 6.45) is 2.80. The van der Waals surface area contributed by atoms with Crippen LogP contribution in [0.15, 0.2) is 11.2 Å². The number of nitrogens with one attached hydrogen (secondary N) is 1. The predicted octanol–water partition coefficient (Wildman–Crippen LogP) is 0.293. The first-order chi connectivity index (χ1) is 4.79. The van der Waals surface area contributed by atoms with Gasteiger partial charge in [-0.2, -0.15) is 0 Å². The van der Waals surface area contributed by atoms with Gasteiger partial charge in [0, 0.05) is 12.4 Å². The van der Waals surface area contributed by atoms with Crippen molar-refractivity contribution in [3.05, 3.63) is 17.3 Å². The number of rotatable bonds is 0. The number of carbonyl (C=O) groups excluding carboxylic acids is 1. The van der Waals surface area contributed by atoms with Crippen LogP contribution in [0, 0.1) is 0 Å². The molecule has 0 aliphatic carbocycles. The SMILES string of the molecule is O=C1N=Cc2c1c[nH]c2O. The molecule has 1 amide bonds. The van der Waals surface area contributed by atoms with Crippen LogP contribution in [-0.2, 0) is 0 Å². The van der Waals surface area contributed by atoms with Crippen molar-refractivity contribution in [2.24, 2.45) is 4.99 Å². The fourth-order valence-electron chi connectivity index (χ4n) is 0.924. The van der Waals surface area contributed by atoms with Gasteiger partial charge in [0.05, 0.1) is 11.1 Å². The fourth-order valence-corrected chi connectivity index (χ4v) is 0.924. The Morgan fingerprint density at radius 1 is 1.60 bits per heavy atom. The van der Waals surface area contributed by atoms with E-state index < -0.39 is 0 Å². The van der Waals surface area contributed by atoms with Gasteiger partial charge < -0.3 is 10.1 Å². The number of aliphatic imine (C=N–C) groups is 1. The number of carbonyl (C=O) groups is 1. The van der Waals surface area contributed by atoms with Gasteiger partial charge in [-0.1, -0.05) is 0 Å². The summed E-state index contributed by atoms with van der Waals surface area (Å²) in [4.78, 5) is 16.7. The zero-order valence-electron chi connectivity index (χ0n) is 4.96. The first-order valence-corrected chi connectivity index (χ1v) is 2.78. The number of hydrogen-bond acceptors (Lipinski definition) is 2. The van der Waals surface area contributed by atoms with Crippen molar-refractivity contribution in [3.8, 4) is 5.88 Å². The van der Waals surface area contributed by atoms with E-state index in [1.807, 2.05) is 0 Å². The minimum absolute atomic E-state index is 0.00426. The van der Waals surface area contributed by atoms with Crippen LogP contribution in [0.5, 0.6) is 5.88 Å². The number of aromatic nitrogens is 1. The van der Waals surface area contributed by atoms with Crippen LogP contribution in [0.2, 0.25) is 0 Å². The van der Waals surface area contributed by atoms with E-state index in [-0.39, 0.29) is 11.8 Å². The Bertz CT molecular complexity index is 324. The molecule has 0 unspecified atom stereocenters. The molecule has 1 aliphatic heterocycles. The Hall–Kier alpha value is -1.58. The van der Waals surface area contributed by atoms with Crippen molar-refractivity contribution in [1.29, 1.82) is 0 Å². The molecule has 2 N–H and O–H groups in total. The third-order valence-corrected chi connectivity index (χ3v) is 1.44. The second-order valence-electron chi connectivity index (χ2n) is 2.03. The molecule has 0 saturated heterocycles. The molecular formula is C6H4N2O2. The molecular weight excluding hydrogens is 132 g/mol. The third kappa shape index (κ3) is 0.452. The summed E-state index contributed by atoms with van der Waals surface area (Å²) in [5.74, 6) is -0.295. The van der Waals surface area contributed by atoms with Crippen LogP contribution < -0.4 is 0 Å². The Kier molecular flexibility index (Phi) is 0.768. The molecule has 0 saturated carbocycles. The van der Waals surface area contributed by atoms with Crippen LogP contribution in [0.1, 0.15) is 15.9 Å². The normalized spacial score (nSPS) is 14.2. The molecule has 0 radical (unpaired) electrons. The van der Waals surface area contributed by atoms with Gasteiger partial charge in [0.2, 0.25) is 0 Å². The first-order valence-electron chi connectivity index (χ1n) is 2.78. The molecule has 2 rings (SSSR count). The maximum atomic E-state index is 10.7. The van der Waals surface area contributed by atoms with E-state index in [0.29, 0.717) is 11.1 Å². The number of H-pyrrole nitrogens is 1. The van der Waals surface area contributed by atoms with Gasteiger partial charge in [-0.05, 0) is 0 Å². The van der Waals surface area contributed by atoms with Gasteiger partial charge in [0.15, 0.2) is 5.88 Å². The van der Waals surface area contributed by atoms with E-state index in [9.17, 15) is 4.79 Å². The highest BCUT2D eigenvalue weighted by Gasteiger charge is 2.19. The summed E-state index contributed by atoms with van der Waals surface area (Å²) < 4.78 is 0. The lowest BCUT2D eigenvalue weighted by Gasteiger charge is -1.81. The van der Waals surface area contributed by atoms with E-state index in [1.54, 1.807) is 0 Å². The Labute approximate surface area is 56.2 Å². The second kappa shape index (κ2) is 1.47. The zero-order valence-corrected chi connectivity index (χ0v) is 4.96. The van der Waals surface area contributed by atoms with Crippen molar-refractivity contribution in [3.63, 3.8) is 0 Å². The van der Waals surface area contributed by atoms with Gasteiger partial charge in [-0.25, -0.2) is 4.99 Å². The Morgan fingerprint density at radius 2 is 2.40 bits per heavy atom. The van der Waals surface area contributed by atoms with E-state index >= 15 is 0 Å². The van der Waals surface area contributed by atoms with Crippen molar-refractivity contribution in [2.75, 3.05) is 0 Å². The monoisotopic (exact) mass is 136 g/mol. The standard InChI is InChI=1S/C6H4N2O2/c9-5-3-1-7-6(10)4(3)2-8-5/h1-2,7,10H. The molecule has 0 atom stereocenters. The molecule has 0 bridgehead atoms. The number of aromatic amines is 1. The molecule has 1 aromatic heterocycles. The molecule has 0 spiro atoms. The highest BCUT2D eigenvalue weighted by Crippen LogP contribution is 2.22. The van der Waals surface area contributed by atoms with E-state index in [1.165, 1.54) is 12.4 Å². The number of nitrogens with zero attached hydrogens (tertiary/aromatic N) is 1.